The molecule has 0 fully saturated rings. The first-order valence-corrected chi connectivity index (χ1v) is 4.01. The maximum absolute atomic E-state index is 10.8. The van der Waals surface area contributed by atoms with E-state index >= 15 is 0 Å². The van der Waals surface area contributed by atoms with E-state index in [1.54, 1.807) is 6.92 Å². The number of hydrogen-bond acceptors (Lipinski definition) is 4. The van der Waals surface area contributed by atoms with Crippen molar-refractivity contribution < 1.29 is 9.90 Å². The Bertz CT molecular complexity index is 296. The average molecular weight is 180 g/mol. The minimum Gasteiger partial charge on any atom is -0.383 e. The largest absolute Gasteiger partial charge is 0.383 e. The molecule has 0 aliphatic rings. The number of nitrogens with zero attached hydrogens (tertiary/aromatic N) is 2. The molecule has 0 aliphatic carbocycles. The topological polar surface area (TPSA) is 63.1 Å². The highest BCUT2D eigenvalue weighted by Crippen LogP contribution is 2.21. The van der Waals surface area contributed by atoms with E-state index < -0.39 is 5.60 Å². The maximum Gasteiger partial charge on any atom is 0.133 e. The molecule has 70 valence electrons. The summed E-state index contributed by atoms with van der Waals surface area (Å²) in [6.45, 7) is 2.99. The van der Waals surface area contributed by atoms with Crippen LogP contribution in [0.15, 0.2) is 18.6 Å². The summed E-state index contributed by atoms with van der Waals surface area (Å²) < 4.78 is 0. The second-order valence-electron chi connectivity index (χ2n) is 3.24. The highest BCUT2D eigenvalue weighted by atomic mass is 16.3. The first-order valence-electron chi connectivity index (χ1n) is 4.01. The van der Waals surface area contributed by atoms with Gasteiger partial charge in [0.05, 0.1) is 11.9 Å². The molecular weight excluding hydrogens is 168 g/mol. The van der Waals surface area contributed by atoms with Crippen LogP contribution in [-0.2, 0) is 10.4 Å². The highest BCUT2D eigenvalue weighted by molar-refractivity contribution is 5.76. The number of carbonyl (C=O) groups is 1. The molecule has 0 radical (unpaired) electrons. The number of Topliss-reactive ketones (excluding diaryl/α,β-unsaturated/α-hetero) is 1. The molecule has 0 aliphatic heterocycles. The number of rotatable bonds is 3. The van der Waals surface area contributed by atoms with Crippen LogP contribution in [0.3, 0.4) is 0 Å². The van der Waals surface area contributed by atoms with Crippen LogP contribution in [0.4, 0.5) is 0 Å². The van der Waals surface area contributed by atoms with E-state index in [-0.39, 0.29) is 12.2 Å². The van der Waals surface area contributed by atoms with E-state index in [0.29, 0.717) is 5.69 Å². The molecule has 1 atom stereocenters. The van der Waals surface area contributed by atoms with Crippen molar-refractivity contribution in [2.75, 3.05) is 0 Å². The molecule has 4 nitrogen and oxygen atoms in total. The van der Waals surface area contributed by atoms with Gasteiger partial charge in [0, 0.05) is 18.8 Å². The summed E-state index contributed by atoms with van der Waals surface area (Å²) in [5.74, 6) is -0.0735. The lowest BCUT2D eigenvalue weighted by molar-refractivity contribution is -0.121. The van der Waals surface area contributed by atoms with Crippen LogP contribution in [0.2, 0.25) is 0 Å². The van der Waals surface area contributed by atoms with E-state index in [0.717, 1.165) is 0 Å². The fourth-order valence-electron chi connectivity index (χ4n) is 1.15. The number of carbonyl (C=O) groups excluding carboxylic acids is 1. The predicted molar refractivity (Wildman–Crippen MR) is 46.9 cm³/mol. The first-order chi connectivity index (χ1) is 6.02. The minimum absolute atomic E-state index is 0.0612. The molecule has 13 heavy (non-hydrogen) atoms. The molecule has 0 saturated heterocycles. The van der Waals surface area contributed by atoms with Gasteiger partial charge in [0.1, 0.15) is 11.4 Å². The quantitative estimate of drug-likeness (QED) is 0.742. The molecule has 4 heteroatoms. The van der Waals surface area contributed by atoms with Gasteiger partial charge in [0.2, 0.25) is 0 Å². The average Bonchev–Trinajstić information content (AvgIpc) is 2.04. The second-order valence-corrected chi connectivity index (χ2v) is 3.24. The van der Waals surface area contributed by atoms with Gasteiger partial charge in [-0.2, -0.15) is 0 Å². The van der Waals surface area contributed by atoms with Gasteiger partial charge < -0.3 is 5.11 Å². The van der Waals surface area contributed by atoms with Crippen LogP contribution in [0.25, 0.3) is 0 Å². The molecule has 1 N–H and O–H groups in total. The van der Waals surface area contributed by atoms with Crippen LogP contribution in [0, 0.1) is 0 Å². The van der Waals surface area contributed by atoms with Crippen molar-refractivity contribution >= 4 is 5.78 Å². The zero-order chi connectivity index (χ0) is 9.90. The predicted octanol–water partition coefficient (Wildman–Crippen LogP) is 0.663. The smallest absolute Gasteiger partial charge is 0.133 e. The monoisotopic (exact) mass is 180 g/mol. The molecule has 0 saturated carbocycles. The molecule has 1 aromatic rings. The van der Waals surface area contributed by atoms with Gasteiger partial charge in [-0.05, 0) is 13.8 Å². The molecule has 0 amide bonds. The van der Waals surface area contributed by atoms with Crippen LogP contribution in [0.5, 0.6) is 0 Å². The Labute approximate surface area is 76.7 Å². The van der Waals surface area contributed by atoms with Gasteiger partial charge >= 0.3 is 0 Å². The van der Waals surface area contributed by atoms with Gasteiger partial charge in [0.15, 0.2) is 0 Å². The minimum atomic E-state index is -1.21. The lowest BCUT2D eigenvalue weighted by Gasteiger charge is -2.20. The summed E-state index contributed by atoms with van der Waals surface area (Å²) in [4.78, 5) is 18.6. The first kappa shape index (κ1) is 9.80. The molecule has 0 aromatic carbocycles. The van der Waals surface area contributed by atoms with Gasteiger partial charge in [0.25, 0.3) is 0 Å². The Morgan fingerprint density at radius 3 is 2.77 bits per heavy atom. The summed E-state index contributed by atoms with van der Waals surface area (Å²) in [6.07, 6.45) is 4.53. The molecule has 1 rings (SSSR count). The SMILES string of the molecule is CC(=O)CC(C)(O)c1cnccn1. The second kappa shape index (κ2) is 3.62. The molecule has 0 bridgehead atoms. The summed E-state index contributed by atoms with van der Waals surface area (Å²) >= 11 is 0. The number of aromatic nitrogens is 2. The van der Waals surface area contributed by atoms with Crippen LogP contribution in [-0.4, -0.2) is 20.9 Å². The third-order valence-electron chi connectivity index (χ3n) is 1.71. The summed E-state index contributed by atoms with van der Waals surface area (Å²) in [7, 11) is 0. The molecule has 0 spiro atoms. The van der Waals surface area contributed by atoms with Crippen molar-refractivity contribution in [3.8, 4) is 0 Å². The van der Waals surface area contributed by atoms with E-state index in [9.17, 15) is 9.90 Å². The van der Waals surface area contributed by atoms with E-state index in [1.807, 2.05) is 0 Å². The van der Waals surface area contributed by atoms with Crippen LogP contribution in [0.1, 0.15) is 26.0 Å². The van der Waals surface area contributed by atoms with Gasteiger partial charge in [-0.25, -0.2) is 0 Å². The maximum atomic E-state index is 10.8. The van der Waals surface area contributed by atoms with E-state index in [1.165, 1.54) is 25.5 Å². The van der Waals surface area contributed by atoms with Gasteiger partial charge in [-0.1, -0.05) is 0 Å². The van der Waals surface area contributed by atoms with Crippen molar-refractivity contribution in [1.82, 2.24) is 9.97 Å². The zero-order valence-electron chi connectivity index (χ0n) is 7.69. The van der Waals surface area contributed by atoms with Gasteiger partial charge in [-0.3, -0.25) is 14.8 Å². The van der Waals surface area contributed by atoms with Crippen molar-refractivity contribution in [3.63, 3.8) is 0 Å². The van der Waals surface area contributed by atoms with Crippen molar-refractivity contribution in [1.29, 1.82) is 0 Å². The fraction of sp³-hybridized carbons (Fsp3) is 0.444. The number of ketones is 1. The Kier molecular flexibility index (Phi) is 2.72. The van der Waals surface area contributed by atoms with Crippen LogP contribution < -0.4 is 0 Å². The molecule has 1 heterocycles. The zero-order valence-corrected chi connectivity index (χ0v) is 7.69. The summed E-state index contributed by atoms with van der Waals surface area (Å²) in [5.41, 5.74) is -0.787. The standard InChI is InChI=1S/C9H12N2O2/c1-7(12)5-9(2,13)8-6-10-3-4-11-8/h3-4,6,13H,5H2,1-2H3. The Balaban J connectivity index is 2.87. The summed E-state index contributed by atoms with van der Waals surface area (Å²) in [6, 6.07) is 0. The number of aliphatic hydroxyl groups is 1. The Morgan fingerprint density at radius 1 is 1.62 bits per heavy atom. The number of hydrogen-bond donors (Lipinski definition) is 1. The Morgan fingerprint density at radius 2 is 2.31 bits per heavy atom. The third-order valence-corrected chi connectivity index (χ3v) is 1.71. The molecular formula is C9H12N2O2. The van der Waals surface area contributed by atoms with Crippen LogP contribution >= 0.6 is 0 Å². The highest BCUT2D eigenvalue weighted by Gasteiger charge is 2.26. The normalized spacial score (nSPS) is 15.0. The third kappa shape index (κ3) is 2.59. The van der Waals surface area contributed by atoms with Gasteiger partial charge in [-0.15, -0.1) is 0 Å². The molecule has 1 aromatic heterocycles. The lowest BCUT2D eigenvalue weighted by atomic mass is 9.96. The van der Waals surface area contributed by atoms with E-state index in [4.69, 9.17) is 0 Å². The van der Waals surface area contributed by atoms with Crippen molar-refractivity contribution in [2.45, 2.75) is 25.9 Å². The lowest BCUT2D eigenvalue weighted by Crippen LogP contribution is -2.25. The summed E-state index contributed by atoms with van der Waals surface area (Å²) in [5, 5.41) is 9.83. The fourth-order valence-corrected chi connectivity index (χ4v) is 1.15. The molecule has 1 unspecified atom stereocenters. The Hall–Kier alpha value is -1.29. The van der Waals surface area contributed by atoms with Crippen molar-refractivity contribution in [2.24, 2.45) is 0 Å². The van der Waals surface area contributed by atoms with E-state index in [2.05, 4.69) is 9.97 Å². The van der Waals surface area contributed by atoms with Crippen molar-refractivity contribution in [3.05, 3.63) is 24.3 Å².